The minimum absolute atomic E-state index is 0.376. The van der Waals surface area contributed by atoms with E-state index < -0.39 is 0 Å². The molecule has 4 heteroatoms. The second-order valence-corrected chi connectivity index (χ2v) is 6.76. The van der Waals surface area contributed by atoms with Gasteiger partial charge in [-0.1, -0.05) is 39.0 Å². The molecule has 2 N–H and O–H groups in total. The average Bonchev–Trinajstić information content (AvgIpc) is 2.55. The molecule has 2 rings (SSSR count). The molecular formula is C17H33N3O. The summed E-state index contributed by atoms with van der Waals surface area (Å²) in [4.78, 5) is 16.9. The third-order valence-electron chi connectivity index (χ3n) is 5.42. The van der Waals surface area contributed by atoms with Crippen molar-refractivity contribution in [3.05, 3.63) is 0 Å². The van der Waals surface area contributed by atoms with Crippen LogP contribution in [0.25, 0.3) is 0 Å². The normalized spacial score (nSPS) is 23.2. The van der Waals surface area contributed by atoms with E-state index in [0.717, 1.165) is 57.9 Å². The van der Waals surface area contributed by atoms with Crippen LogP contribution in [-0.2, 0) is 4.79 Å². The van der Waals surface area contributed by atoms with Gasteiger partial charge in [0.25, 0.3) is 0 Å². The smallest absolute Gasteiger partial charge is 0.222 e. The van der Waals surface area contributed by atoms with Crippen LogP contribution in [0.1, 0.15) is 58.3 Å². The van der Waals surface area contributed by atoms with Gasteiger partial charge in [-0.25, -0.2) is 0 Å². The number of hydrogen-bond donors (Lipinski definition) is 1. The van der Waals surface area contributed by atoms with Gasteiger partial charge in [0.05, 0.1) is 0 Å². The number of piperazine rings is 1. The first-order chi connectivity index (χ1) is 10.2. The molecule has 4 nitrogen and oxygen atoms in total. The number of hydrogen-bond acceptors (Lipinski definition) is 3. The molecule has 1 amide bonds. The van der Waals surface area contributed by atoms with E-state index in [0.29, 0.717) is 11.9 Å². The maximum atomic E-state index is 12.3. The van der Waals surface area contributed by atoms with Crippen LogP contribution in [-0.4, -0.2) is 54.5 Å². The van der Waals surface area contributed by atoms with Crippen molar-refractivity contribution in [2.45, 2.75) is 64.3 Å². The number of carbonyl (C=O) groups excluding carboxylic acids is 1. The molecule has 1 heterocycles. The summed E-state index contributed by atoms with van der Waals surface area (Å²) in [5.74, 6) is 1.19. The summed E-state index contributed by atoms with van der Waals surface area (Å²) < 4.78 is 0. The first-order valence-electron chi connectivity index (χ1n) is 8.96. The van der Waals surface area contributed by atoms with Gasteiger partial charge in [0.15, 0.2) is 0 Å². The van der Waals surface area contributed by atoms with Crippen LogP contribution in [0.15, 0.2) is 0 Å². The third kappa shape index (κ3) is 4.96. The van der Waals surface area contributed by atoms with Gasteiger partial charge in [-0.15, -0.1) is 0 Å². The zero-order valence-corrected chi connectivity index (χ0v) is 13.7. The molecule has 0 bridgehead atoms. The Hall–Kier alpha value is -0.610. The summed E-state index contributed by atoms with van der Waals surface area (Å²) in [5, 5.41) is 0. The zero-order valence-electron chi connectivity index (χ0n) is 13.7. The molecular weight excluding hydrogens is 262 g/mol. The molecule has 1 unspecified atom stereocenters. The lowest BCUT2D eigenvalue weighted by atomic mass is 9.86. The molecule has 0 radical (unpaired) electrons. The van der Waals surface area contributed by atoms with E-state index in [1.54, 1.807) is 0 Å². The Kier molecular flexibility index (Phi) is 6.97. The maximum Gasteiger partial charge on any atom is 0.222 e. The monoisotopic (exact) mass is 295 g/mol. The molecule has 21 heavy (non-hydrogen) atoms. The van der Waals surface area contributed by atoms with Crippen LogP contribution < -0.4 is 5.73 Å². The molecule has 0 spiro atoms. The average molecular weight is 295 g/mol. The van der Waals surface area contributed by atoms with Gasteiger partial charge in [-0.3, -0.25) is 9.69 Å². The van der Waals surface area contributed by atoms with Crippen molar-refractivity contribution in [1.29, 1.82) is 0 Å². The van der Waals surface area contributed by atoms with E-state index in [1.807, 2.05) is 0 Å². The Labute approximate surface area is 130 Å². The topological polar surface area (TPSA) is 49.6 Å². The molecule has 1 saturated carbocycles. The van der Waals surface area contributed by atoms with Crippen LogP contribution >= 0.6 is 0 Å². The summed E-state index contributed by atoms with van der Waals surface area (Å²) in [6.07, 6.45) is 9.80. The first-order valence-corrected chi connectivity index (χ1v) is 8.96. The molecule has 2 aliphatic rings. The van der Waals surface area contributed by atoms with Gasteiger partial charge >= 0.3 is 0 Å². The van der Waals surface area contributed by atoms with Crippen molar-refractivity contribution < 1.29 is 4.79 Å². The van der Waals surface area contributed by atoms with Crippen molar-refractivity contribution in [3.8, 4) is 0 Å². The maximum absolute atomic E-state index is 12.3. The lowest BCUT2D eigenvalue weighted by Gasteiger charge is -2.39. The Morgan fingerprint density at radius 3 is 2.38 bits per heavy atom. The minimum Gasteiger partial charge on any atom is -0.340 e. The molecule has 0 aromatic carbocycles. The summed E-state index contributed by atoms with van der Waals surface area (Å²) in [5.41, 5.74) is 5.82. The predicted octanol–water partition coefficient (Wildman–Crippen LogP) is 2.23. The first kappa shape index (κ1) is 16.8. The van der Waals surface area contributed by atoms with Crippen LogP contribution in [0.5, 0.6) is 0 Å². The second-order valence-electron chi connectivity index (χ2n) is 6.76. The molecule has 1 saturated heterocycles. The van der Waals surface area contributed by atoms with E-state index in [4.69, 9.17) is 5.73 Å². The Bertz CT molecular complexity index is 303. The summed E-state index contributed by atoms with van der Waals surface area (Å²) >= 11 is 0. The van der Waals surface area contributed by atoms with Gasteiger partial charge in [0.2, 0.25) is 5.91 Å². The molecule has 122 valence electrons. The van der Waals surface area contributed by atoms with Gasteiger partial charge in [0.1, 0.15) is 0 Å². The van der Waals surface area contributed by atoms with Gasteiger partial charge < -0.3 is 10.6 Å². The Balaban J connectivity index is 1.67. The molecule has 1 atom stereocenters. The molecule has 0 aromatic rings. The van der Waals surface area contributed by atoms with Crippen molar-refractivity contribution in [2.24, 2.45) is 11.7 Å². The van der Waals surface area contributed by atoms with Crippen LogP contribution in [0.3, 0.4) is 0 Å². The van der Waals surface area contributed by atoms with Crippen molar-refractivity contribution in [3.63, 3.8) is 0 Å². The van der Waals surface area contributed by atoms with Crippen LogP contribution in [0, 0.1) is 5.92 Å². The second kappa shape index (κ2) is 8.74. The highest BCUT2D eigenvalue weighted by atomic mass is 16.2. The van der Waals surface area contributed by atoms with Crippen LogP contribution in [0.2, 0.25) is 0 Å². The lowest BCUT2D eigenvalue weighted by molar-refractivity contribution is -0.133. The Morgan fingerprint density at radius 2 is 1.81 bits per heavy atom. The fourth-order valence-corrected chi connectivity index (χ4v) is 3.87. The highest BCUT2D eigenvalue weighted by Crippen LogP contribution is 2.27. The van der Waals surface area contributed by atoms with E-state index >= 15 is 0 Å². The van der Waals surface area contributed by atoms with Gasteiger partial charge in [-0.2, -0.15) is 0 Å². The Morgan fingerprint density at radius 1 is 1.14 bits per heavy atom. The SMILES string of the molecule is CCC(CN)N1CCN(C(=O)CCC2CCCCC2)CC1. The summed E-state index contributed by atoms with van der Waals surface area (Å²) in [6, 6.07) is 0.490. The fourth-order valence-electron chi connectivity index (χ4n) is 3.87. The zero-order chi connectivity index (χ0) is 15.1. The number of nitrogens with two attached hydrogens (primary N) is 1. The van der Waals surface area contributed by atoms with E-state index in [-0.39, 0.29) is 0 Å². The molecule has 0 aromatic heterocycles. The van der Waals surface area contributed by atoms with Gasteiger partial charge in [0, 0.05) is 45.2 Å². The summed E-state index contributed by atoms with van der Waals surface area (Å²) in [7, 11) is 0. The standard InChI is InChI=1S/C17H33N3O/c1-2-16(14-18)19-10-12-20(13-11-19)17(21)9-8-15-6-4-3-5-7-15/h15-16H,2-14,18H2,1H3. The third-order valence-corrected chi connectivity index (χ3v) is 5.42. The highest BCUT2D eigenvalue weighted by Gasteiger charge is 2.25. The van der Waals surface area contributed by atoms with E-state index in [9.17, 15) is 4.79 Å². The largest absolute Gasteiger partial charge is 0.340 e. The lowest BCUT2D eigenvalue weighted by Crippen LogP contribution is -2.53. The number of carbonyl (C=O) groups is 1. The van der Waals surface area contributed by atoms with E-state index in [1.165, 1.54) is 32.1 Å². The predicted molar refractivity (Wildman–Crippen MR) is 87.1 cm³/mol. The summed E-state index contributed by atoms with van der Waals surface area (Å²) in [6.45, 7) is 6.68. The number of nitrogens with zero attached hydrogens (tertiary/aromatic N) is 2. The molecule has 1 aliphatic heterocycles. The molecule has 1 aliphatic carbocycles. The van der Waals surface area contributed by atoms with Crippen molar-refractivity contribution in [1.82, 2.24) is 9.80 Å². The number of rotatable bonds is 6. The van der Waals surface area contributed by atoms with Crippen LogP contribution in [0.4, 0.5) is 0 Å². The quantitative estimate of drug-likeness (QED) is 0.817. The van der Waals surface area contributed by atoms with Crippen molar-refractivity contribution in [2.75, 3.05) is 32.7 Å². The molecule has 2 fully saturated rings. The minimum atomic E-state index is 0.376. The highest BCUT2D eigenvalue weighted by molar-refractivity contribution is 5.76. The number of amides is 1. The van der Waals surface area contributed by atoms with E-state index in [2.05, 4.69) is 16.7 Å². The fraction of sp³-hybridized carbons (Fsp3) is 0.941. The van der Waals surface area contributed by atoms with Crippen molar-refractivity contribution >= 4 is 5.91 Å². The van der Waals surface area contributed by atoms with Gasteiger partial charge in [-0.05, 0) is 18.8 Å².